The van der Waals surface area contributed by atoms with E-state index in [4.69, 9.17) is 29.7 Å². The van der Waals surface area contributed by atoms with Gasteiger partial charge >= 0.3 is 0 Å². The van der Waals surface area contributed by atoms with Crippen LogP contribution in [0, 0.1) is 41.5 Å². The van der Waals surface area contributed by atoms with Gasteiger partial charge in [0.25, 0.3) is 0 Å². The van der Waals surface area contributed by atoms with Gasteiger partial charge in [-0.05, 0) is 59.7 Å². The fourth-order valence-corrected chi connectivity index (χ4v) is 3.69. The number of rotatable bonds is 4. The van der Waals surface area contributed by atoms with Gasteiger partial charge in [-0.1, -0.05) is 6.92 Å². The van der Waals surface area contributed by atoms with E-state index in [9.17, 15) is 0 Å². The Morgan fingerprint density at radius 3 is 1.00 bits per heavy atom. The summed E-state index contributed by atoms with van der Waals surface area (Å²) in [6, 6.07) is 6.30. The number of hydrogen-bond acceptors (Lipinski definition) is 6. The Labute approximate surface area is 194 Å². The maximum atomic E-state index is 8.00. The van der Waals surface area contributed by atoms with Gasteiger partial charge in [0.15, 0.2) is 0 Å². The summed E-state index contributed by atoms with van der Waals surface area (Å²) in [7, 11) is 0. The Balaban J connectivity index is 0. The third kappa shape index (κ3) is 5.87. The van der Waals surface area contributed by atoms with Crippen molar-refractivity contribution in [3.05, 3.63) is 52.4 Å². The summed E-state index contributed by atoms with van der Waals surface area (Å²) >= 11 is 0. The molecular formula is C21H32CrN6O3. The molecule has 10 heteroatoms. The van der Waals surface area contributed by atoms with E-state index in [1.54, 1.807) is 0 Å². The Morgan fingerprint density at radius 2 is 0.871 bits per heavy atom. The van der Waals surface area contributed by atoms with Crippen LogP contribution in [-0.2, 0) is 37.5 Å². The summed E-state index contributed by atoms with van der Waals surface area (Å²) in [4.78, 5) is 24.0. The van der Waals surface area contributed by atoms with Gasteiger partial charge in [0.05, 0.1) is 17.1 Å². The third-order valence-corrected chi connectivity index (χ3v) is 4.52. The van der Waals surface area contributed by atoms with Gasteiger partial charge in [-0.2, -0.15) is 15.3 Å². The topological polar surface area (TPSA) is 105 Å². The molecule has 0 fully saturated rings. The number of carbonyl (C=O) groups is 3. The Morgan fingerprint density at radius 1 is 0.645 bits per heavy atom. The molecule has 0 unspecified atom stereocenters. The molecule has 3 aromatic rings. The second-order valence-corrected chi connectivity index (χ2v) is 6.64. The zero-order chi connectivity index (χ0) is 23.6. The van der Waals surface area contributed by atoms with Crippen LogP contribution in [0.2, 0.25) is 0 Å². The first-order chi connectivity index (χ1) is 14.3. The van der Waals surface area contributed by atoms with Crippen molar-refractivity contribution in [2.75, 3.05) is 0 Å². The van der Waals surface area contributed by atoms with Gasteiger partial charge in [0.2, 0.25) is 5.79 Å². The first-order valence-electron chi connectivity index (χ1n) is 9.27. The average Bonchev–Trinajstić information content (AvgIpc) is 3.38. The molecule has 0 saturated carbocycles. The zero-order valence-corrected chi connectivity index (χ0v) is 20.7. The number of hydrogen-bond donors (Lipinski definition) is 0. The standard InChI is InChI=1S/C18H26N6.3CH2O.Cr/c1-8-18(22-15(5)9-12(2)19-22,23-16(6)10-13(3)20-23)24-17(7)11-14(4)21-24;3*1-2;/h9-11H,8H2,1-7H3;3*1H2;. The molecule has 170 valence electrons. The first-order valence-corrected chi connectivity index (χ1v) is 9.27. The van der Waals surface area contributed by atoms with Crippen LogP contribution in [0.15, 0.2) is 18.2 Å². The summed E-state index contributed by atoms with van der Waals surface area (Å²) in [5.74, 6) is -0.630. The van der Waals surface area contributed by atoms with Gasteiger partial charge in [-0.15, -0.1) is 0 Å². The molecule has 3 heterocycles. The minimum atomic E-state index is -0.630. The van der Waals surface area contributed by atoms with Crippen molar-refractivity contribution in [1.82, 2.24) is 29.3 Å². The summed E-state index contributed by atoms with van der Waals surface area (Å²) in [5.41, 5.74) is 6.26. The number of carbonyl (C=O) groups excluding carboxylic acids is 3. The normalized spacial score (nSPS) is 9.77. The summed E-state index contributed by atoms with van der Waals surface area (Å²) in [6.45, 7) is 20.5. The molecule has 0 radical (unpaired) electrons. The van der Waals surface area contributed by atoms with Crippen molar-refractivity contribution in [3.8, 4) is 0 Å². The van der Waals surface area contributed by atoms with Crippen molar-refractivity contribution in [1.29, 1.82) is 0 Å². The van der Waals surface area contributed by atoms with Gasteiger partial charge in [0, 0.05) is 40.9 Å². The van der Waals surface area contributed by atoms with Crippen LogP contribution in [0.25, 0.3) is 0 Å². The number of aryl methyl sites for hydroxylation is 6. The maximum absolute atomic E-state index is 8.00. The van der Waals surface area contributed by atoms with Crippen LogP contribution in [0.1, 0.15) is 47.5 Å². The van der Waals surface area contributed by atoms with Gasteiger partial charge in [-0.3, -0.25) is 0 Å². The van der Waals surface area contributed by atoms with Crippen molar-refractivity contribution < 1.29 is 31.7 Å². The molecule has 0 amide bonds. The molecule has 9 nitrogen and oxygen atoms in total. The fourth-order valence-electron chi connectivity index (χ4n) is 3.69. The Hall–Kier alpha value is -2.83. The third-order valence-electron chi connectivity index (χ3n) is 4.52. The number of aromatic nitrogens is 6. The molecule has 0 aliphatic heterocycles. The molecule has 0 saturated heterocycles. The molecular weight excluding hydrogens is 436 g/mol. The predicted octanol–water partition coefficient (Wildman–Crippen LogP) is 2.69. The van der Waals surface area contributed by atoms with Crippen LogP contribution in [0.4, 0.5) is 0 Å². The molecule has 3 aromatic heterocycles. The van der Waals surface area contributed by atoms with Gasteiger partial charge in [-0.25, -0.2) is 14.0 Å². The van der Waals surface area contributed by atoms with Gasteiger partial charge in [0.1, 0.15) is 20.4 Å². The largest absolute Gasteiger partial charge is 0.307 e. The van der Waals surface area contributed by atoms with E-state index in [-0.39, 0.29) is 17.4 Å². The van der Waals surface area contributed by atoms with Crippen molar-refractivity contribution in [3.63, 3.8) is 0 Å². The SMILES string of the molecule is C=O.C=O.C=O.CCC(n1nc(C)cc1C)(n1nc(C)cc1C)n1nc(C)cc1C.[Cr]. The summed E-state index contributed by atoms with van der Waals surface area (Å²) in [6.07, 6.45) is 0.777. The van der Waals surface area contributed by atoms with E-state index in [0.717, 1.165) is 40.6 Å². The second kappa shape index (κ2) is 13.5. The first kappa shape index (κ1) is 30.4. The van der Waals surface area contributed by atoms with Crippen molar-refractivity contribution in [2.24, 2.45) is 0 Å². The quantitative estimate of drug-likeness (QED) is 0.583. The van der Waals surface area contributed by atoms with Gasteiger partial charge < -0.3 is 14.4 Å². The molecule has 0 N–H and O–H groups in total. The second-order valence-electron chi connectivity index (χ2n) is 6.64. The minimum Gasteiger partial charge on any atom is -0.307 e. The van der Waals surface area contributed by atoms with E-state index >= 15 is 0 Å². The molecule has 0 spiro atoms. The van der Waals surface area contributed by atoms with E-state index in [0.29, 0.717) is 0 Å². The van der Waals surface area contributed by atoms with E-state index in [1.807, 2.05) is 41.1 Å². The molecule has 0 aliphatic rings. The average molecular weight is 469 g/mol. The molecule has 31 heavy (non-hydrogen) atoms. The van der Waals surface area contributed by atoms with Crippen LogP contribution >= 0.6 is 0 Å². The smallest absolute Gasteiger partial charge is 0.249 e. The Kier molecular flexibility index (Phi) is 13.2. The van der Waals surface area contributed by atoms with E-state index in [2.05, 4.69) is 59.9 Å². The van der Waals surface area contributed by atoms with Crippen LogP contribution < -0.4 is 0 Å². The van der Waals surface area contributed by atoms with Crippen LogP contribution in [0.5, 0.6) is 0 Å². The minimum absolute atomic E-state index is 0. The monoisotopic (exact) mass is 468 g/mol. The number of nitrogens with zero attached hydrogens (tertiary/aromatic N) is 6. The summed E-state index contributed by atoms with van der Waals surface area (Å²) in [5, 5.41) is 14.4. The Bertz CT molecular complexity index is 830. The fraction of sp³-hybridized carbons (Fsp3) is 0.429. The molecule has 0 bridgehead atoms. The summed E-state index contributed by atoms with van der Waals surface area (Å²) < 4.78 is 6.17. The predicted molar refractivity (Wildman–Crippen MR) is 116 cm³/mol. The van der Waals surface area contributed by atoms with Crippen molar-refractivity contribution in [2.45, 2.75) is 60.7 Å². The maximum Gasteiger partial charge on any atom is 0.249 e. The van der Waals surface area contributed by atoms with Crippen molar-refractivity contribution >= 4 is 20.4 Å². The molecule has 0 aliphatic carbocycles. The molecule has 0 atom stereocenters. The van der Waals surface area contributed by atoms with E-state index in [1.165, 1.54) is 0 Å². The van der Waals surface area contributed by atoms with Crippen LogP contribution in [-0.4, -0.2) is 49.7 Å². The van der Waals surface area contributed by atoms with Crippen LogP contribution in [0.3, 0.4) is 0 Å². The van der Waals surface area contributed by atoms with E-state index < -0.39 is 5.79 Å². The zero-order valence-electron chi connectivity index (χ0n) is 19.4. The molecule has 0 aromatic carbocycles. The molecule has 3 rings (SSSR count).